The van der Waals surface area contributed by atoms with Crippen molar-refractivity contribution in [1.82, 2.24) is 10.6 Å². The maximum atomic E-state index is 13.2. The second kappa shape index (κ2) is 10.3. The smallest absolute Gasteiger partial charge is 0.268 e. The molecule has 3 aromatic rings. The molecule has 3 rings (SSSR count). The normalized spacial score (nSPS) is 12.4. The third kappa shape index (κ3) is 5.95. The molecule has 0 spiro atoms. The molecule has 0 radical (unpaired) electrons. The Morgan fingerprint density at radius 3 is 2.20 bits per heavy atom. The van der Waals surface area contributed by atoms with Crippen molar-refractivity contribution in [3.05, 3.63) is 102 Å². The van der Waals surface area contributed by atoms with Crippen LogP contribution in [-0.4, -0.2) is 11.8 Å². The largest absolute Gasteiger partial charge is 0.465 e. The lowest BCUT2D eigenvalue weighted by molar-refractivity contribution is -0.118. The van der Waals surface area contributed by atoms with Crippen LogP contribution in [0.25, 0.3) is 6.08 Å². The van der Waals surface area contributed by atoms with Gasteiger partial charge in [0.1, 0.15) is 11.5 Å². The SMILES string of the molecule is CC(C)C[C@H](NC(=O)/C(=C/c1ccco1)NC(=O)c1ccccc1)c1ccccc1. The van der Waals surface area contributed by atoms with Gasteiger partial charge in [-0.25, -0.2) is 0 Å². The molecule has 1 atom stereocenters. The lowest BCUT2D eigenvalue weighted by Gasteiger charge is -2.22. The average molecular weight is 402 g/mol. The highest BCUT2D eigenvalue weighted by Crippen LogP contribution is 2.21. The Kier molecular flexibility index (Phi) is 7.22. The fourth-order valence-corrected chi connectivity index (χ4v) is 3.13. The summed E-state index contributed by atoms with van der Waals surface area (Å²) in [6.07, 6.45) is 3.83. The molecular weight excluding hydrogens is 376 g/mol. The first-order chi connectivity index (χ1) is 14.5. The Hall–Kier alpha value is -3.60. The predicted molar refractivity (Wildman–Crippen MR) is 117 cm³/mol. The van der Waals surface area contributed by atoms with Gasteiger partial charge in [-0.05, 0) is 42.2 Å². The molecule has 1 heterocycles. The molecule has 0 bridgehead atoms. The summed E-state index contributed by atoms with van der Waals surface area (Å²) < 4.78 is 5.35. The molecule has 1 aromatic heterocycles. The van der Waals surface area contributed by atoms with Gasteiger partial charge in [0.15, 0.2) is 0 Å². The number of hydrogen-bond donors (Lipinski definition) is 2. The van der Waals surface area contributed by atoms with Crippen LogP contribution in [-0.2, 0) is 4.79 Å². The highest BCUT2D eigenvalue weighted by Gasteiger charge is 2.21. The first-order valence-corrected chi connectivity index (χ1v) is 10.0. The van der Waals surface area contributed by atoms with Crippen LogP contribution in [0, 0.1) is 5.92 Å². The van der Waals surface area contributed by atoms with Crippen molar-refractivity contribution >= 4 is 17.9 Å². The van der Waals surface area contributed by atoms with Gasteiger partial charge in [0, 0.05) is 11.6 Å². The molecule has 30 heavy (non-hydrogen) atoms. The third-order valence-electron chi connectivity index (χ3n) is 4.57. The van der Waals surface area contributed by atoms with E-state index in [1.54, 1.807) is 36.4 Å². The molecule has 0 fully saturated rings. The summed E-state index contributed by atoms with van der Waals surface area (Å²) in [5.41, 5.74) is 1.62. The topological polar surface area (TPSA) is 71.3 Å². The van der Waals surface area contributed by atoms with E-state index >= 15 is 0 Å². The molecule has 0 aliphatic heterocycles. The number of benzene rings is 2. The van der Waals surface area contributed by atoms with Crippen molar-refractivity contribution < 1.29 is 14.0 Å². The molecule has 0 saturated heterocycles. The van der Waals surface area contributed by atoms with Crippen LogP contribution in [0.15, 0.2) is 89.2 Å². The number of hydrogen-bond acceptors (Lipinski definition) is 3. The van der Waals surface area contributed by atoms with Crippen molar-refractivity contribution in [1.29, 1.82) is 0 Å². The van der Waals surface area contributed by atoms with Crippen LogP contribution in [0.4, 0.5) is 0 Å². The number of carbonyl (C=O) groups excluding carboxylic acids is 2. The molecule has 2 aromatic carbocycles. The van der Waals surface area contributed by atoms with Crippen LogP contribution < -0.4 is 10.6 Å². The zero-order valence-electron chi connectivity index (χ0n) is 17.2. The lowest BCUT2D eigenvalue weighted by Crippen LogP contribution is -2.37. The Balaban J connectivity index is 1.84. The Bertz CT molecular complexity index is 978. The summed E-state index contributed by atoms with van der Waals surface area (Å²) >= 11 is 0. The quantitative estimate of drug-likeness (QED) is 0.524. The average Bonchev–Trinajstić information content (AvgIpc) is 3.27. The third-order valence-corrected chi connectivity index (χ3v) is 4.57. The highest BCUT2D eigenvalue weighted by atomic mass is 16.3. The Morgan fingerprint density at radius 2 is 1.60 bits per heavy atom. The van der Waals surface area contributed by atoms with Crippen LogP contribution in [0.5, 0.6) is 0 Å². The van der Waals surface area contributed by atoms with Crippen molar-refractivity contribution in [3.8, 4) is 0 Å². The monoisotopic (exact) mass is 402 g/mol. The Morgan fingerprint density at radius 1 is 0.933 bits per heavy atom. The van der Waals surface area contributed by atoms with Gasteiger partial charge < -0.3 is 15.1 Å². The van der Waals surface area contributed by atoms with Crippen LogP contribution in [0.3, 0.4) is 0 Å². The second-order valence-electron chi connectivity index (χ2n) is 7.46. The van der Waals surface area contributed by atoms with Gasteiger partial charge in [0.05, 0.1) is 12.3 Å². The standard InChI is InChI=1S/C25H26N2O3/c1-18(2)16-22(19-10-5-3-6-11-19)26-25(29)23(17-21-14-9-15-30-21)27-24(28)20-12-7-4-8-13-20/h3-15,17-18,22H,16H2,1-2H3,(H,26,29)(H,27,28)/b23-17-/t22-/m0/s1. The molecule has 0 saturated carbocycles. The summed E-state index contributed by atoms with van der Waals surface area (Å²) in [5.74, 6) is 0.134. The predicted octanol–water partition coefficient (Wildman–Crippen LogP) is 4.95. The summed E-state index contributed by atoms with van der Waals surface area (Å²) in [4.78, 5) is 25.8. The maximum Gasteiger partial charge on any atom is 0.268 e. The minimum atomic E-state index is -0.370. The molecule has 154 valence electrons. The molecule has 2 N–H and O–H groups in total. The number of rotatable bonds is 8. The van der Waals surface area contributed by atoms with Crippen molar-refractivity contribution in [3.63, 3.8) is 0 Å². The van der Waals surface area contributed by atoms with Gasteiger partial charge in [0.25, 0.3) is 11.8 Å². The first kappa shape index (κ1) is 21.1. The van der Waals surface area contributed by atoms with Gasteiger partial charge in [-0.15, -0.1) is 0 Å². The van der Waals surface area contributed by atoms with Gasteiger partial charge in [0.2, 0.25) is 0 Å². The summed E-state index contributed by atoms with van der Waals surface area (Å²) in [5, 5.41) is 5.80. The zero-order chi connectivity index (χ0) is 21.3. The van der Waals surface area contributed by atoms with E-state index in [1.807, 2.05) is 36.4 Å². The molecule has 0 unspecified atom stereocenters. The molecule has 2 amide bonds. The molecule has 5 nitrogen and oxygen atoms in total. The molecule has 0 aliphatic rings. The van der Waals surface area contributed by atoms with E-state index < -0.39 is 0 Å². The number of amides is 2. The van der Waals surface area contributed by atoms with Gasteiger partial charge in [-0.3, -0.25) is 9.59 Å². The maximum absolute atomic E-state index is 13.2. The van der Waals surface area contributed by atoms with Crippen LogP contribution >= 0.6 is 0 Å². The number of furan rings is 1. The highest BCUT2D eigenvalue weighted by molar-refractivity contribution is 6.05. The summed E-state index contributed by atoms with van der Waals surface area (Å²) in [7, 11) is 0. The molecular formula is C25H26N2O3. The van der Waals surface area contributed by atoms with E-state index in [2.05, 4.69) is 24.5 Å². The van der Waals surface area contributed by atoms with Gasteiger partial charge in [-0.2, -0.15) is 0 Å². The van der Waals surface area contributed by atoms with E-state index in [-0.39, 0.29) is 23.6 Å². The zero-order valence-corrected chi connectivity index (χ0v) is 17.2. The van der Waals surface area contributed by atoms with Crippen molar-refractivity contribution in [2.75, 3.05) is 0 Å². The number of nitrogens with one attached hydrogen (secondary N) is 2. The van der Waals surface area contributed by atoms with Gasteiger partial charge in [-0.1, -0.05) is 62.4 Å². The van der Waals surface area contributed by atoms with Gasteiger partial charge >= 0.3 is 0 Å². The minimum Gasteiger partial charge on any atom is -0.465 e. The van der Waals surface area contributed by atoms with E-state index in [0.717, 1.165) is 12.0 Å². The minimum absolute atomic E-state index is 0.128. The summed E-state index contributed by atoms with van der Waals surface area (Å²) in [6, 6.07) is 21.9. The van der Waals surface area contributed by atoms with E-state index in [9.17, 15) is 9.59 Å². The number of carbonyl (C=O) groups is 2. The second-order valence-corrected chi connectivity index (χ2v) is 7.46. The lowest BCUT2D eigenvalue weighted by atomic mass is 9.97. The molecule has 0 aliphatic carbocycles. The molecule has 5 heteroatoms. The van der Waals surface area contributed by atoms with E-state index in [1.165, 1.54) is 12.3 Å². The summed E-state index contributed by atoms with van der Waals surface area (Å²) in [6.45, 7) is 4.22. The van der Waals surface area contributed by atoms with E-state index in [4.69, 9.17) is 4.42 Å². The van der Waals surface area contributed by atoms with Crippen LogP contribution in [0.1, 0.15) is 48.0 Å². The van der Waals surface area contributed by atoms with E-state index in [0.29, 0.717) is 17.2 Å². The fourth-order valence-electron chi connectivity index (χ4n) is 3.13. The van der Waals surface area contributed by atoms with Crippen LogP contribution in [0.2, 0.25) is 0 Å². The van der Waals surface area contributed by atoms with Crippen molar-refractivity contribution in [2.24, 2.45) is 5.92 Å². The Labute approximate surface area is 176 Å². The first-order valence-electron chi connectivity index (χ1n) is 10.0. The van der Waals surface area contributed by atoms with Crippen molar-refractivity contribution in [2.45, 2.75) is 26.3 Å². The fraction of sp³-hybridized carbons (Fsp3) is 0.200.